The van der Waals surface area contributed by atoms with E-state index in [0.29, 0.717) is 0 Å². The molecule has 2 rings (SSSR count). The first-order chi connectivity index (χ1) is 10.3. The molecule has 0 saturated carbocycles. The van der Waals surface area contributed by atoms with Crippen LogP contribution in [-0.4, -0.2) is 21.9 Å². The molecule has 2 aromatic rings. The number of ether oxygens (including phenoxy) is 1. The number of aromatic nitrogens is 2. The molecule has 7 nitrogen and oxygen atoms in total. The number of benzene rings is 1. The molecular weight excluding hydrogens is 305 g/mol. The molecule has 116 valence electrons. The molecule has 0 aliphatic rings. The Bertz CT molecular complexity index is 706. The Labute approximate surface area is 121 Å². The van der Waals surface area contributed by atoms with Gasteiger partial charge in [0.05, 0.1) is 10.5 Å². The molecule has 1 N–H and O–H groups in total. The molecule has 1 aromatic heterocycles. The van der Waals surface area contributed by atoms with E-state index < -0.39 is 28.2 Å². The summed E-state index contributed by atoms with van der Waals surface area (Å²) in [7, 11) is 1.41. The van der Waals surface area contributed by atoms with Crippen LogP contribution in [0.5, 0.6) is 11.6 Å². The van der Waals surface area contributed by atoms with Crippen LogP contribution in [0.4, 0.5) is 24.7 Å². The van der Waals surface area contributed by atoms with E-state index in [1.54, 1.807) is 0 Å². The number of alkyl halides is 3. The summed E-state index contributed by atoms with van der Waals surface area (Å²) in [6, 6.07) is 3.95. The molecule has 0 aliphatic carbocycles. The highest BCUT2D eigenvalue weighted by molar-refractivity contribution is 5.61. The van der Waals surface area contributed by atoms with Gasteiger partial charge in [-0.05, 0) is 18.2 Å². The normalized spacial score (nSPS) is 11.1. The van der Waals surface area contributed by atoms with Gasteiger partial charge in [-0.2, -0.15) is 18.2 Å². The van der Waals surface area contributed by atoms with Gasteiger partial charge >= 0.3 is 17.7 Å². The Morgan fingerprint density at radius 3 is 2.64 bits per heavy atom. The Morgan fingerprint density at radius 1 is 1.32 bits per heavy atom. The van der Waals surface area contributed by atoms with Crippen molar-refractivity contribution in [2.45, 2.75) is 6.18 Å². The van der Waals surface area contributed by atoms with Crippen molar-refractivity contribution < 1.29 is 22.8 Å². The van der Waals surface area contributed by atoms with Gasteiger partial charge in [0.2, 0.25) is 5.82 Å². The quantitative estimate of drug-likeness (QED) is 0.688. The van der Waals surface area contributed by atoms with Gasteiger partial charge in [0, 0.05) is 7.05 Å². The first kappa shape index (κ1) is 15.5. The van der Waals surface area contributed by atoms with Crippen LogP contribution < -0.4 is 10.1 Å². The lowest BCUT2D eigenvalue weighted by Gasteiger charge is -2.10. The number of anilines is 1. The highest BCUT2D eigenvalue weighted by atomic mass is 19.4. The Kier molecular flexibility index (Phi) is 4.11. The third-order valence-electron chi connectivity index (χ3n) is 2.58. The van der Waals surface area contributed by atoms with Gasteiger partial charge in [-0.3, -0.25) is 10.1 Å². The van der Waals surface area contributed by atoms with Crippen LogP contribution >= 0.6 is 0 Å². The number of nitrogens with one attached hydrogen (secondary N) is 1. The largest absolute Gasteiger partial charge is 0.434 e. The second kappa shape index (κ2) is 5.84. The third-order valence-corrected chi connectivity index (χ3v) is 2.58. The highest BCUT2D eigenvalue weighted by Gasteiger charge is 2.31. The van der Waals surface area contributed by atoms with E-state index in [1.807, 2.05) is 0 Å². The van der Waals surface area contributed by atoms with E-state index in [0.717, 1.165) is 24.5 Å². The highest BCUT2D eigenvalue weighted by Crippen LogP contribution is 2.36. The molecule has 0 spiro atoms. The number of rotatable bonds is 4. The maximum atomic E-state index is 12.6. The average Bonchev–Trinajstić information content (AvgIpc) is 2.46. The van der Waals surface area contributed by atoms with E-state index in [1.165, 1.54) is 13.1 Å². The molecule has 10 heteroatoms. The summed E-state index contributed by atoms with van der Waals surface area (Å²) in [5.41, 5.74) is -1.50. The smallest absolute Gasteiger partial charge is 0.416 e. The fourth-order valence-electron chi connectivity index (χ4n) is 1.63. The van der Waals surface area contributed by atoms with Crippen molar-refractivity contribution in [1.29, 1.82) is 0 Å². The predicted molar refractivity (Wildman–Crippen MR) is 69.8 cm³/mol. The molecule has 0 unspecified atom stereocenters. The fraction of sp³-hybridized carbons (Fsp3) is 0.167. The minimum Gasteiger partial charge on any atom is -0.434 e. The van der Waals surface area contributed by atoms with E-state index >= 15 is 0 Å². The lowest BCUT2D eigenvalue weighted by atomic mass is 10.2. The second-order valence-corrected chi connectivity index (χ2v) is 4.01. The van der Waals surface area contributed by atoms with Crippen LogP contribution in [0, 0.1) is 10.1 Å². The first-order valence-corrected chi connectivity index (χ1v) is 5.85. The molecule has 0 atom stereocenters. The van der Waals surface area contributed by atoms with Crippen molar-refractivity contribution in [2.24, 2.45) is 0 Å². The Hall–Kier alpha value is -2.91. The zero-order chi connectivity index (χ0) is 16.3. The Morgan fingerprint density at radius 2 is 2.05 bits per heavy atom. The van der Waals surface area contributed by atoms with Gasteiger partial charge < -0.3 is 10.1 Å². The molecule has 0 bridgehead atoms. The van der Waals surface area contributed by atoms with Gasteiger partial charge in [0.25, 0.3) is 0 Å². The Balaban J connectivity index is 2.42. The summed E-state index contributed by atoms with van der Waals surface area (Å²) in [4.78, 5) is 17.5. The molecule has 1 heterocycles. The summed E-state index contributed by atoms with van der Waals surface area (Å²) < 4.78 is 43.0. The molecular formula is C12H9F3N4O3. The van der Waals surface area contributed by atoms with Crippen LogP contribution in [0.15, 0.2) is 30.6 Å². The summed E-state index contributed by atoms with van der Waals surface area (Å²) >= 11 is 0. The van der Waals surface area contributed by atoms with Crippen molar-refractivity contribution in [2.75, 3.05) is 12.4 Å². The zero-order valence-electron chi connectivity index (χ0n) is 11.1. The van der Waals surface area contributed by atoms with Crippen LogP contribution in [-0.2, 0) is 6.18 Å². The van der Waals surface area contributed by atoms with Gasteiger partial charge in [0.15, 0.2) is 0 Å². The summed E-state index contributed by atoms with van der Waals surface area (Å²) in [6.45, 7) is 0. The topological polar surface area (TPSA) is 90.2 Å². The molecule has 0 amide bonds. The minimum absolute atomic E-state index is 0.109. The third kappa shape index (κ3) is 3.22. The SMILES string of the molecule is CNc1ncnc(Oc2cccc(C(F)(F)F)c2)c1[N+](=O)[O-]. The molecule has 22 heavy (non-hydrogen) atoms. The number of nitro groups is 1. The van der Waals surface area contributed by atoms with Crippen molar-refractivity contribution in [3.63, 3.8) is 0 Å². The lowest BCUT2D eigenvalue weighted by Crippen LogP contribution is -2.05. The number of nitrogens with zero attached hydrogens (tertiary/aromatic N) is 3. The second-order valence-electron chi connectivity index (χ2n) is 4.01. The van der Waals surface area contributed by atoms with Gasteiger partial charge in [-0.15, -0.1) is 0 Å². The van der Waals surface area contributed by atoms with Crippen molar-refractivity contribution >= 4 is 11.5 Å². The standard InChI is InChI=1S/C12H9F3N4O3/c1-16-10-9(19(20)21)11(18-6-17-10)22-8-4-2-3-7(5-8)12(13,14)15/h2-6H,1H3,(H,16,17,18). The number of hydrogen-bond donors (Lipinski definition) is 1. The van der Waals surface area contributed by atoms with E-state index in [9.17, 15) is 23.3 Å². The predicted octanol–water partition coefficient (Wildman–Crippen LogP) is 3.24. The van der Waals surface area contributed by atoms with Gasteiger partial charge in [-0.25, -0.2) is 4.98 Å². The van der Waals surface area contributed by atoms with Crippen molar-refractivity contribution in [1.82, 2.24) is 9.97 Å². The maximum absolute atomic E-state index is 12.6. The van der Waals surface area contributed by atoms with Crippen LogP contribution in [0.25, 0.3) is 0 Å². The maximum Gasteiger partial charge on any atom is 0.416 e. The number of halogens is 3. The van der Waals surface area contributed by atoms with E-state index in [-0.39, 0.29) is 11.6 Å². The van der Waals surface area contributed by atoms with Crippen LogP contribution in [0.3, 0.4) is 0 Å². The van der Waals surface area contributed by atoms with Gasteiger partial charge in [-0.1, -0.05) is 6.07 Å². The number of hydrogen-bond acceptors (Lipinski definition) is 6. The molecule has 0 saturated heterocycles. The minimum atomic E-state index is -4.55. The monoisotopic (exact) mass is 314 g/mol. The van der Waals surface area contributed by atoms with Crippen LogP contribution in [0.2, 0.25) is 0 Å². The van der Waals surface area contributed by atoms with E-state index in [4.69, 9.17) is 4.74 Å². The lowest BCUT2D eigenvalue weighted by molar-refractivity contribution is -0.385. The summed E-state index contributed by atoms with van der Waals surface area (Å²) in [5, 5.41) is 13.5. The van der Waals surface area contributed by atoms with Crippen molar-refractivity contribution in [3.8, 4) is 11.6 Å². The molecule has 1 aromatic carbocycles. The first-order valence-electron chi connectivity index (χ1n) is 5.85. The summed E-state index contributed by atoms with van der Waals surface area (Å²) in [5.74, 6) is -0.788. The molecule has 0 aliphatic heterocycles. The van der Waals surface area contributed by atoms with Gasteiger partial charge in [0.1, 0.15) is 12.1 Å². The fourth-order valence-corrected chi connectivity index (χ4v) is 1.63. The zero-order valence-corrected chi connectivity index (χ0v) is 11.1. The van der Waals surface area contributed by atoms with Crippen LogP contribution in [0.1, 0.15) is 5.56 Å². The molecule has 0 radical (unpaired) electrons. The van der Waals surface area contributed by atoms with Crippen molar-refractivity contribution in [3.05, 3.63) is 46.3 Å². The summed E-state index contributed by atoms with van der Waals surface area (Å²) in [6.07, 6.45) is -3.55. The average molecular weight is 314 g/mol. The van der Waals surface area contributed by atoms with E-state index in [2.05, 4.69) is 15.3 Å². The molecule has 0 fully saturated rings.